The standard InChI is InChI=1S/C29H32ClN5O/c1-21(2)27(35(17-9-15-31)29(36)25-14-6-7-16-32-25)28-33-26(23-12-8-13-24(30)18-23)20-34(28)19-22-10-4-3-5-11-22/h3-8,10-14,16,18,20-21,27H,9,15,17,19,31H2,1-2H3/t27-/m1/s1. The number of imidazole rings is 1. The lowest BCUT2D eigenvalue weighted by atomic mass is 10.00. The van der Waals surface area contributed by atoms with Gasteiger partial charge in [0, 0.05) is 36.1 Å². The minimum atomic E-state index is -0.275. The largest absolute Gasteiger partial charge is 0.330 e. The molecule has 7 heteroatoms. The van der Waals surface area contributed by atoms with Crippen LogP contribution in [0.3, 0.4) is 0 Å². The third-order valence-electron chi connectivity index (χ3n) is 6.10. The fourth-order valence-corrected chi connectivity index (χ4v) is 4.61. The van der Waals surface area contributed by atoms with Crippen molar-refractivity contribution in [3.8, 4) is 11.3 Å². The molecule has 0 fully saturated rings. The number of hydrogen-bond acceptors (Lipinski definition) is 4. The minimum absolute atomic E-state index is 0.0968. The molecule has 36 heavy (non-hydrogen) atoms. The Kier molecular flexibility index (Phi) is 8.52. The van der Waals surface area contributed by atoms with Gasteiger partial charge in [0.1, 0.15) is 11.5 Å². The zero-order valence-corrected chi connectivity index (χ0v) is 21.5. The fourth-order valence-electron chi connectivity index (χ4n) is 4.42. The molecule has 0 bridgehead atoms. The molecule has 2 heterocycles. The van der Waals surface area contributed by atoms with Gasteiger partial charge in [-0.3, -0.25) is 9.78 Å². The van der Waals surface area contributed by atoms with Gasteiger partial charge in [0.15, 0.2) is 0 Å². The number of nitrogens with two attached hydrogens (primary N) is 1. The molecule has 0 radical (unpaired) electrons. The number of carbonyl (C=O) groups is 1. The zero-order valence-electron chi connectivity index (χ0n) is 20.7. The average Bonchev–Trinajstić information content (AvgIpc) is 3.30. The molecular weight excluding hydrogens is 470 g/mol. The Morgan fingerprint density at radius 1 is 1.06 bits per heavy atom. The van der Waals surface area contributed by atoms with Crippen molar-refractivity contribution in [2.24, 2.45) is 11.7 Å². The third-order valence-corrected chi connectivity index (χ3v) is 6.34. The number of aromatic nitrogens is 3. The smallest absolute Gasteiger partial charge is 0.273 e. The molecule has 2 aromatic carbocycles. The molecular formula is C29H32ClN5O. The number of rotatable bonds is 10. The Labute approximate surface area is 217 Å². The number of benzene rings is 2. The molecule has 0 aliphatic rings. The fraction of sp³-hybridized carbons (Fsp3) is 0.276. The summed E-state index contributed by atoms with van der Waals surface area (Å²) in [7, 11) is 0. The normalized spacial score (nSPS) is 12.0. The Morgan fingerprint density at radius 2 is 1.83 bits per heavy atom. The van der Waals surface area contributed by atoms with Crippen molar-refractivity contribution in [2.75, 3.05) is 13.1 Å². The molecule has 0 saturated heterocycles. The quantitative estimate of drug-likeness (QED) is 0.296. The number of carbonyl (C=O) groups excluding carboxylic acids is 1. The summed E-state index contributed by atoms with van der Waals surface area (Å²) in [5.74, 6) is 0.797. The van der Waals surface area contributed by atoms with Crippen molar-refractivity contribution in [1.82, 2.24) is 19.4 Å². The number of amides is 1. The summed E-state index contributed by atoms with van der Waals surface area (Å²) in [5.41, 5.74) is 9.19. The first-order chi connectivity index (χ1) is 17.5. The second kappa shape index (κ2) is 12.0. The summed E-state index contributed by atoms with van der Waals surface area (Å²) >= 11 is 6.29. The lowest BCUT2D eigenvalue weighted by Gasteiger charge is -2.34. The van der Waals surface area contributed by atoms with Gasteiger partial charge in [-0.05, 0) is 48.7 Å². The summed E-state index contributed by atoms with van der Waals surface area (Å²) in [6, 6.07) is 23.1. The topological polar surface area (TPSA) is 77.0 Å². The van der Waals surface area contributed by atoms with Gasteiger partial charge in [-0.1, -0.05) is 74.0 Å². The van der Waals surface area contributed by atoms with Gasteiger partial charge in [0.25, 0.3) is 5.91 Å². The van der Waals surface area contributed by atoms with Crippen LogP contribution in [0.25, 0.3) is 11.3 Å². The van der Waals surface area contributed by atoms with Crippen LogP contribution in [-0.2, 0) is 6.54 Å². The molecule has 0 aliphatic heterocycles. The van der Waals surface area contributed by atoms with Crippen molar-refractivity contribution >= 4 is 17.5 Å². The highest BCUT2D eigenvalue weighted by Gasteiger charge is 2.33. The average molecular weight is 502 g/mol. The van der Waals surface area contributed by atoms with Gasteiger partial charge in [0.05, 0.1) is 11.7 Å². The van der Waals surface area contributed by atoms with E-state index in [9.17, 15) is 4.79 Å². The van der Waals surface area contributed by atoms with Crippen molar-refractivity contribution in [1.29, 1.82) is 0 Å². The number of halogens is 1. The molecule has 1 amide bonds. The van der Waals surface area contributed by atoms with E-state index in [2.05, 4.69) is 41.7 Å². The second-order valence-corrected chi connectivity index (χ2v) is 9.59. The van der Waals surface area contributed by atoms with E-state index in [0.29, 0.717) is 36.8 Å². The summed E-state index contributed by atoms with van der Waals surface area (Å²) in [6.45, 7) is 5.87. The Balaban J connectivity index is 1.83. The summed E-state index contributed by atoms with van der Waals surface area (Å²) in [5, 5.41) is 0.655. The summed E-state index contributed by atoms with van der Waals surface area (Å²) < 4.78 is 2.15. The maximum Gasteiger partial charge on any atom is 0.273 e. The first-order valence-corrected chi connectivity index (χ1v) is 12.6. The van der Waals surface area contributed by atoms with Gasteiger partial charge in [0.2, 0.25) is 0 Å². The van der Waals surface area contributed by atoms with Gasteiger partial charge in [-0.2, -0.15) is 0 Å². The number of pyridine rings is 1. The molecule has 2 N–H and O–H groups in total. The summed E-state index contributed by atoms with van der Waals surface area (Å²) in [6.07, 6.45) is 4.38. The van der Waals surface area contributed by atoms with E-state index in [-0.39, 0.29) is 17.9 Å². The van der Waals surface area contributed by atoms with Crippen LogP contribution in [0.15, 0.2) is 85.2 Å². The molecule has 6 nitrogen and oxygen atoms in total. The molecule has 186 valence electrons. The van der Waals surface area contributed by atoms with E-state index in [4.69, 9.17) is 22.3 Å². The second-order valence-electron chi connectivity index (χ2n) is 9.15. The van der Waals surface area contributed by atoms with Gasteiger partial charge < -0.3 is 15.2 Å². The van der Waals surface area contributed by atoms with Gasteiger partial charge >= 0.3 is 0 Å². The van der Waals surface area contributed by atoms with E-state index >= 15 is 0 Å². The van der Waals surface area contributed by atoms with Crippen molar-refractivity contribution in [2.45, 2.75) is 32.9 Å². The minimum Gasteiger partial charge on any atom is -0.330 e. The predicted octanol–water partition coefficient (Wildman–Crippen LogP) is 5.84. The molecule has 4 aromatic rings. The molecule has 0 aliphatic carbocycles. The highest BCUT2D eigenvalue weighted by Crippen LogP contribution is 2.33. The highest BCUT2D eigenvalue weighted by molar-refractivity contribution is 6.30. The molecule has 0 spiro atoms. The van der Waals surface area contributed by atoms with Crippen molar-refractivity contribution in [3.63, 3.8) is 0 Å². The molecule has 2 aromatic heterocycles. The number of hydrogen-bond donors (Lipinski definition) is 1. The maximum absolute atomic E-state index is 13.7. The lowest BCUT2D eigenvalue weighted by Crippen LogP contribution is -2.40. The van der Waals surface area contributed by atoms with E-state index in [1.165, 1.54) is 0 Å². The summed E-state index contributed by atoms with van der Waals surface area (Å²) in [4.78, 5) is 25.0. The zero-order chi connectivity index (χ0) is 25.5. The van der Waals surface area contributed by atoms with E-state index in [0.717, 1.165) is 22.6 Å². The van der Waals surface area contributed by atoms with Crippen LogP contribution in [-0.4, -0.2) is 38.4 Å². The van der Waals surface area contributed by atoms with Crippen LogP contribution >= 0.6 is 11.6 Å². The SMILES string of the molecule is CC(C)[C@H](c1nc(-c2cccc(Cl)c2)cn1Cc1ccccc1)N(CCCN)C(=O)c1ccccn1. The van der Waals surface area contributed by atoms with Crippen LogP contribution in [0.4, 0.5) is 0 Å². The highest BCUT2D eigenvalue weighted by atomic mass is 35.5. The molecule has 1 atom stereocenters. The van der Waals surface area contributed by atoms with Crippen LogP contribution in [0.1, 0.15) is 48.2 Å². The van der Waals surface area contributed by atoms with Crippen LogP contribution in [0, 0.1) is 5.92 Å². The van der Waals surface area contributed by atoms with Crippen molar-refractivity contribution in [3.05, 3.63) is 107 Å². The Bertz CT molecular complexity index is 1270. The Morgan fingerprint density at radius 3 is 2.50 bits per heavy atom. The monoisotopic (exact) mass is 501 g/mol. The molecule has 4 rings (SSSR count). The van der Waals surface area contributed by atoms with Gasteiger partial charge in [-0.15, -0.1) is 0 Å². The van der Waals surface area contributed by atoms with E-state index in [1.54, 1.807) is 12.3 Å². The first-order valence-electron chi connectivity index (χ1n) is 12.3. The van der Waals surface area contributed by atoms with Gasteiger partial charge in [-0.25, -0.2) is 4.98 Å². The molecule has 0 saturated carbocycles. The first kappa shape index (κ1) is 25.6. The third kappa shape index (κ3) is 6.01. The van der Waals surface area contributed by atoms with Crippen molar-refractivity contribution < 1.29 is 4.79 Å². The Hall–Kier alpha value is -3.48. The predicted molar refractivity (Wildman–Crippen MR) is 145 cm³/mol. The van der Waals surface area contributed by atoms with Crippen LogP contribution in [0.2, 0.25) is 5.02 Å². The van der Waals surface area contributed by atoms with Crippen LogP contribution in [0.5, 0.6) is 0 Å². The van der Waals surface area contributed by atoms with E-state index in [1.807, 2.05) is 59.5 Å². The maximum atomic E-state index is 13.7. The molecule has 0 unspecified atom stereocenters. The van der Waals surface area contributed by atoms with Crippen LogP contribution < -0.4 is 5.73 Å². The number of nitrogens with zero attached hydrogens (tertiary/aromatic N) is 4. The van der Waals surface area contributed by atoms with E-state index < -0.39 is 0 Å². The lowest BCUT2D eigenvalue weighted by molar-refractivity contribution is 0.0598.